The Bertz CT molecular complexity index is 683. The normalized spacial score (nSPS) is 10.7. The van der Waals surface area contributed by atoms with Crippen molar-refractivity contribution in [3.8, 4) is 0 Å². The van der Waals surface area contributed by atoms with Crippen LogP contribution in [0, 0.1) is 0 Å². The number of hydrogen-bond donors (Lipinski definition) is 0. The summed E-state index contributed by atoms with van der Waals surface area (Å²) in [4.78, 5) is 10.8. The third kappa shape index (κ3) is 1.93. The number of benzene rings is 2. The third-order valence-corrected chi connectivity index (χ3v) is 3.13. The molecule has 2 aromatic carbocycles. The molecule has 0 saturated heterocycles. The van der Waals surface area contributed by atoms with E-state index in [4.69, 9.17) is 0 Å². The number of carbonyl (C=O) groups is 1. The molecule has 0 fully saturated rings. The number of aldehydes is 1. The zero-order valence-electron chi connectivity index (χ0n) is 9.91. The van der Waals surface area contributed by atoms with Crippen molar-refractivity contribution < 1.29 is 4.79 Å². The van der Waals surface area contributed by atoms with E-state index >= 15 is 0 Å². The molecule has 2 heteroatoms. The number of carbonyl (C=O) groups excluding carboxylic acids is 1. The van der Waals surface area contributed by atoms with Gasteiger partial charge in [0.1, 0.15) is 6.29 Å². The van der Waals surface area contributed by atoms with Crippen LogP contribution in [-0.4, -0.2) is 10.9 Å². The second-order valence-electron chi connectivity index (χ2n) is 4.37. The second kappa shape index (κ2) is 4.49. The molecule has 0 aliphatic rings. The molecule has 0 radical (unpaired) electrons. The lowest BCUT2D eigenvalue weighted by Crippen LogP contribution is -1.97. The first-order valence-electron chi connectivity index (χ1n) is 5.95. The van der Waals surface area contributed by atoms with Crippen LogP contribution in [0.4, 0.5) is 0 Å². The van der Waals surface area contributed by atoms with E-state index in [9.17, 15) is 4.79 Å². The monoisotopic (exact) mass is 235 g/mol. The fourth-order valence-corrected chi connectivity index (χ4v) is 2.19. The van der Waals surface area contributed by atoms with E-state index < -0.39 is 0 Å². The van der Waals surface area contributed by atoms with E-state index in [1.807, 2.05) is 36.4 Å². The predicted octanol–water partition coefficient (Wildman–Crippen LogP) is 3.50. The molecular weight excluding hydrogens is 222 g/mol. The van der Waals surface area contributed by atoms with Gasteiger partial charge in [-0.3, -0.25) is 4.79 Å². The molecule has 1 heterocycles. The van der Waals surface area contributed by atoms with E-state index in [1.54, 1.807) is 0 Å². The van der Waals surface area contributed by atoms with Gasteiger partial charge in [0, 0.05) is 23.8 Å². The second-order valence-corrected chi connectivity index (χ2v) is 4.37. The molecule has 0 N–H and O–H groups in total. The third-order valence-electron chi connectivity index (χ3n) is 3.13. The summed E-state index contributed by atoms with van der Waals surface area (Å²) in [6.07, 6.45) is 2.95. The average molecular weight is 235 g/mol. The summed E-state index contributed by atoms with van der Waals surface area (Å²) in [6, 6.07) is 18.2. The van der Waals surface area contributed by atoms with Crippen molar-refractivity contribution >= 4 is 17.2 Å². The summed E-state index contributed by atoms with van der Waals surface area (Å²) >= 11 is 0. The topological polar surface area (TPSA) is 22.0 Å². The standard InChI is InChI=1S/C16H13NO/c18-12-14-6-7-15-8-9-17(16(15)10-14)11-13-4-2-1-3-5-13/h1-10,12H,11H2. The number of fused-ring (bicyclic) bond motifs is 1. The van der Waals surface area contributed by atoms with Crippen LogP contribution < -0.4 is 0 Å². The molecule has 88 valence electrons. The van der Waals surface area contributed by atoms with Crippen molar-refractivity contribution in [2.24, 2.45) is 0 Å². The highest BCUT2D eigenvalue weighted by atomic mass is 16.1. The molecule has 0 aliphatic heterocycles. The van der Waals surface area contributed by atoms with Gasteiger partial charge in [-0.05, 0) is 23.1 Å². The number of hydrogen-bond acceptors (Lipinski definition) is 1. The minimum absolute atomic E-state index is 0.718. The van der Waals surface area contributed by atoms with E-state index in [2.05, 4.69) is 29.0 Å². The van der Waals surface area contributed by atoms with E-state index in [0.29, 0.717) is 0 Å². The Morgan fingerprint density at radius 1 is 1.00 bits per heavy atom. The molecule has 0 unspecified atom stereocenters. The van der Waals surface area contributed by atoms with E-state index in [0.717, 1.165) is 29.3 Å². The van der Waals surface area contributed by atoms with Gasteiger partial charge in [-0.2, -0.15) is 0 Å². The molecule has 3 aromatic rings. The van der Waals surface area contributed by atoms with Crippen LogP contribution in [0.5, 0.6) is 0 Å². The van der Waals surface area contributed by atoms with E-state index in [1.165, 1.54) is 5.56 Å². The first kappa shape index (κ1) is 10.8. The lowest BCUT2D eigenvalue weighted by atomic mass is 10.2. The van der Waals surface area contributed by atoms with Crippen LogP contribution in [0.1, 0.15) is 15.9 Å². The van der Waals surface area contributed by atoms with Crippen molar-refractivity contribution in [2.75, 3.05) is 0 Å². The van der Waals surface area contributed by atoms with Gasteiger partial charge in [0.05, 0.1) is 0 Å². The average Bonchev–Trinajstić information content (AvgIpc) is 2.82. The molecule has 3 rings (SSSR count). The summed E-state index contributed by atoms with van der Waals surface area (Å²) < 4.78 is 2.16. The smallest absolute Gasteiger partial charge is 0.150 e. The Labute approximate surface area is 105 Å². The highest BCUT2D eigenvalue weighted by molar-refractivity contribution is 5.87. The van der Waals surface area contributed by atoms with Gasteiger partial charge in [-0.15, -0.1) is 0 Å². The van der Waals surface area contributed by atoms with Gasteiger partial charge >= 0.3 is 0 Å². The minimum atomic E-state index is 0.718. The predicted molar refractivity (Wildman–Crippen MR) is 72.9 cm³/mol. The maximum Gasteiger partial charge on any atom is 0.150 e. The molecule has 0 aliphatic carbocycles. The lowest BCUT2D eigenvalue weighted by molar-refractivity contribution is 0.112. The zero-order chi connectivity index (χ0) is 12.4. The summed E-state index contributed by atoms with van der Waals surface area (Å²) in [5.74, 6) is 0. The first-order chi connectivity index (χ1) is 8.86. The Morgan fingerprint density at radius 3 is 2.61 bits per heavy atom. The molecule has 18 heavy (non-hydrogen) atoms. The Morgan fingerprint density at radius 2 is 1.83 bits per heavy atom. The Kier molecular flexibility index (Phi) is 2.69. The van der Waals surface area contributed by atoms with Gasteiger partial charge in [0.2, 0.25) is 0 Å². The van der Waals surface area contributed by atoms with Crippen LogP contribution in [0.15, 0.2) is 60.8 Å². The molecule has 0 saturated carbocycles. The van der Waals surface area contributed by atoms with E-state index in [-0.39, 0.29) is 0 Å². The van der Waals surface area contributed by atoms with Gasteiger partial charge in [0.25, 0.3) is 0 Å². The fraction of sp³-hybridized carbons (Fsp3) is 0.0625. The fourth-order valence-electron chi connectivity index (χ4n) is 2.19. The minimum Gasteiger partial charge on any atom is -0.343 e. The number of nitrogens with zero attached hydrogens (tertiary/aromatic N) is 1. The number of rotatable bonds is 3. The van der Waals surface area contributed by atoms with Crippen molar-refractivity contribution in [1.29, 1.82) is 0 Å². The van der Waals surface area contributed by atoms with Crippen molar-refractivity contribution in [2.45, 2.75) is 6.54 Å². The van der Waals surface area contributed by atoms with Crippen LogP contribution >= 0.6 is 0 Å². The lowest BCUT2D eigenvalue weighted by Gasteiger charge is -2.05. The van der Waals surface area contributed by atoms with Gasteiger partial charge in [0.15, 0.2) is 0 Å². The van der Waals surface area contributed by atoms with Crippen molar-refractivity contribution in [3.05, 3.63) is 71.9 Å². The number of aromatic nitrogens is 1. The highest BCUT2D eigenvalue weighted by Gasteiger charge is 2.02. The summed E-state index contributed by atoms with van der Waals surface area (Å²) in [6.45, 7) is 0.826. The molecule has 0 atom stereocenters. The summed E-state index contributed by atoms with van der Waals surface area (Å²) in [5, 5.41) is 1.16. The molecular formula is C16H13NO. The van der Waals surface area contributed by atoms with Crippen LogP contribution in [0.25, 0.3) is 10.9 Å². The molecule has 2 nitrogen and oxygen atoms in total. The molecule has 0 spiro atoms. The first-order valence-corrected chi connectivity index (χ1v) is 5.95. The maximum absolute atomic E-state index is 10.8. The van der Waals surface area contributed by atoms with Gasteiger partial charge in [-0.25, -0.2) is 0 Å². The Hall–Kier alpha value is -2.35. The quantitative estimate of drug-likeness (QED) is 0.637. The molecule has 1 aromatic heterocycles. The van der Waals surface area contributed by atoms with Crippen LogP contribution in [-0.2, 0) is 6.54 Å². The summed E-state index contributed by atoms with van der Waals surface area (Å²) in [5.41, 5.74) is 3.07. The largest absolute Gasteiger partial charge is 0.343 e. The van der Waals surface area contributed by atoms with Crippen LogP contribution in [0.3, 0.4) is 0 Å². The van der Waals surface area contributed by atoms with Gasteiger partial charge < -0.3 is 4.57 Å². The van der Waals surface area contributed by atoms with Crippen LogP contribution in [0.2, 0.25) is 0 Å². The molecule has 0 bridgehead atoms. The maximum atomic E-state index is 10.8. The van der Waals surface area contributed by atoms with Crippen molar-refractivity contribution in [3.63, 3.8) is 0 Å². The van der Waals surface area contributed by atoms with Crippen molar-refractivity contribution in [1.82, 2.24) is 4.57 Å². The zero-order valence-corrected chi connectivity index (χ0v) is 9.91. The van der Waals surface area contributed by atoms with Gasteiger partial charge in [-0.1, -0.05) is 42.5 Å². The summed E-state index contributed by atoms with van der Waals surface area (Å²) in [7, 11) is 0. The highest BCUT2D eigenvalue weighted by Crippen LogP contribution is 2.18. The SMILES string of the molecule is O=Cc1ccc2ccn(Cc3ccccc3)c2c1. The molecule has 0 amide bonds. The Balaban J connectivity index is 2.04.